The molecule has 1 unspecified atom stereocenters. The summed E-state index contributed by atoms with van der Waals surface area (Å²) in [5.74, 6) is -2.86. The van der Waals surface area contributed by atoms with Crippen molar-refractivity contribution in [2.45, 2.75) is 43.3 Å². The fraction of sp³-hybridized carbons (Fsp3) is 0.538. The standard InChI is InChI=1S/C13H13F3O/c14-10-3-1-2-9(8-10)11-12(17-11)4-6-13(15,16)7-5-12/h1-3,8,11H,4-7H2. The molecule has 1 saturated heterocycles. The number of rotatable bonds is 1. The maximum Gasteiger partial charge on any atom is 0.248 e. The van der Waals surface area contributed by atoms with Crippen molar-refractivity contribution in [3.05, 3.63) is 35.6 Å². The molecular formula is C13H13F3O. The third-order valence-corrected chi connectivity index (χ3v) is 3.75. The van der Waals surface area contributed by atoms with E-state index in [-0.39, 0.29) is 24.8 Å². The maximum atomic E-state index is 13.1. The lowest BCUT2D eigenvalue weighted by Crippen LogP contribution is -2.29. The lowest BCUT2D eigenvalue weighted by molar-refractivity contribution is -0.0508. The van der Waals surface area contributed by atoms with Gasteiger partial charge in [0.1, 0.15) is 11.9 Å². The van der Waals surface area contributed by atoms with E-state index in [2.05, 4.69) is 0 Å². The average Bonchev–Trinajstić information content (AvgIpc) is 2.98. The summed E-state index contributed by atoms with van der Waals surface area (Å²) >= 11 is 0. The Balaban J connectivity index is 1.74. The Hall–Kier alpha value is -1.03. The van der Waals surface area contributed by atoms with Crippen LogP contribution in [0.5, 0.6) is 0 Å². The predicted octanol–water partition coefficient (Wildman–Crippen LogP) is 3.85. The van der Waals surface area contributed by atoms with Crippen LogP contribution in [0.4, 0.5) is 13.2 Å². The Labute approximate surface area is 97.6 Å². The maximum absolute atomic E-state index is 13.1. The van der Waals surface area contributed by atoms with Gasteiger partial charge in [-0.3, -0.25) is 0 Å². The van der Waals surface area contributed by atoms with E-state index in [0.717, 1.165) is 5.56 Å². The highest BCUT2D eigenvalue weighted by molar-refractivity contribution is 5.27. The van der Waals surface area contributed by atoms with Crippen molar-refractivity contribution in [3.8, 4) is 0 Å². The van der Waals surface area contributed by atoms with E-state index in [1.165, 1.54) is 12.1 Å². The van der Waals surface area contributed by atoms with E-state index in [9.17, 15) is 13.2 Å². The first-order valence-corrected chi connectivity index (χ1v) is 5.82. The van der Waals surface area contributed by atoms with Crippen molar-refractivity contribution in [3.63, 3.8) is 0 Å². The molecule has 0 amide bonds. The fourth-order valence-corrected chi connectivity index (χ4v) is 2.66. The average molecular weight is 242 g/mol. The quantitative estimate of drug-likeness (QED) is 0.681. The van der Waals surface area contributed by atoms with Crippen LogP contribution in [-0.4, -0.2) is 11.5 Å². The van der Waals surface area contributed by atoms with Crippen molar-refractivity contribution >= 4 is 0 Å². The molecule has 1 aromatic rings. The molecule has 2 fully saturated rings. The smallest absolute Gasteiger partial charge is 0.248 e. The minimum atomic E-state index is -2.55. The van der Waals surface area contributed by atoms with Crippen molar-refractivity contribution in [2.24, 2.45) is 0 Å². The van der Waals surface area contributed by atoms with Gasteiger partial charge in [-0.2, -0.15) is 0 Å². The van der Waals surface area contributed by atoms with Gasteiger partial charge in [0.2, 0.25) is 5.92 Å². The summed E-state index contributed by atoms with van der Waals surface area (Å²) in [6, 6.07) is 6.20. The summed E-state index contributed by atoms with van der Waals surface area (Å²) in [6.45, 7) is 0. The molecule has 0 N–H and O–H groups in total. The number of hydrogen-bond acceptors (Lipinski definition) is 1. The number of epoxide rings is 1. The highest BCUT2D eigenvalue weighted by Gasteiger charge is 2.60. The Morgan fingerprint density at radius 1 is 1.12 bits per heavy atom. The van der Waals surface area contributed by atoms with Crippen LogP contribution in [0, 0.1) is 5.82 Å². The molecule has 1 aliphatic heterocycles. The van der Waals surface area contributed by atoms with E-state index in [4.69, 9.17) is 4.74 Å². The number of benzene rings is 1. The Morgan fingerprint density at radius 2 is 1.82 bits per heavy atom. The largest absolute Gasteiger partial charge is 0.361 e. The van der Waals surface area contributed by atoms with Crippen molar-refractivity contribution in [2.75, 3.05) is 0 Å². The highest BCUT2D eigenvalue weighted by atomic mass is 19.3. The second-order valence-electron chi connectivity index (χ2n) is 4.97. The van der Waals surface area contributed by atoms with Crippen molar-refractivity contribution in [1.82, 2.24) is 0 Å². The number of halogens is 3. The summed E-state index contributed by atoms with van der Waals surface area (Å²) in [7, 11) is 0. The van der Waals surface area contributed by atoms with Crippen LogP contribution in [0.1, 0.15) is 37.4 Å². The topological polar surface area (TPSA) is 12.5 Å². The predicted molar refractivity (Wildman–Crippen MR) is 56.4 cm³/mol. The Morgan fingerprint density at radius 3 is 2.47 bits per heavy atom. The lowest BCUT2D eigenvalue weighted by atomic mass is 9.82. The summed E-state index contributed by atoms with van der Waals surface area (Å²) in [4.78, 5) is 0. The monoisotopic (exact) mass is 242 g/mol. The molecule has 17 heavy (non-hydrogen) atoms. The van der Waals surface area contributed by atoms with Crippen LogP contribution in [0.3, 0.4) is 0 Å². The van der Waals surface area contributed by atoms with Gasteiger partial charge in [0, 0.05) is 12.8 Å². The van der Waals surface area contributed by atoms with Gasteiger partial charge < -0.3 is 4.74 Å². The van der Waals surface area contributed by atoms with E-state index in [1.54, 1.807) is 12.1 Å². The molecule has 1 nitrogen and oxygen atoms in total. The summed E-state index contributed by atoms with van der Waals surface area (Å²) < 4.78 is 44.7. The van der Waals surface area contributed by atoms with Gasteiger partial charge in [0.25, 0.3) is 0 Å². The van der Waals surface area contributed by atoms with Crippen molar-refractivity contribution < 1.29 is 17.9 Å². The molecule has 1 aliphatic carbocycles. The molecule has 92 valence electrons. The number of alkyl halides is 2. The normalized spacial score (nSPS) is 29.2. The lowest BCUT2D eigenvalue weighted by Gasteiger charge is -2.26. The number of ether oxygens (including phenoxy) is 1. The third kappa shape index (κ3) is 1.95. The first-order valence-electron chi connectivity index (χ1n) is 5.82. The van der Waals surface area contributed by atoms with Gasteiger partial charge in [-0.15, -0.1) is 0 Å². The molecule has 1 saturated carbocycles. The van der Waals surface area contributed by atoms with Crippen LogP contribution in [0.15, 0.2) is 24.3 Å². The molecule has 1 heterocycles. The molecular weight excluding hydrogens is 229 g/mol. The zero-order valence-corrected chi connectivity index (χ0v) is 9.26. The van der Waals surface area contributed by atoms with Crippen LogP contribution in [-0.2, 0) is 4.74 Å². The first kappa shape index (κ1) is 11.1. The van der Waals surface area contributed by atoms with Crippen LogP contribution in [0.25, 0.3) is 0 Å². The zero-order valence-electron chi connectivity index (χ0n) is 9.26. The molecule has 4 heteroatoms. The van der Waals surface area contributed by atoms with Gasteiger partial charge in [-0.25, -0.2) is 13.2 Å². The van der Waals surface area contributed by atoms with Gasteiger partial charge in [-0.05, 0) is 30.5 Å². The summed E-state index contributed by atoms with van der Waals surface area (Å²) in [5.41, 5.74) is 0.311. The molecule has 3 rings (SSSR count). The van der Waals surface area contributed by atoms with Gasteiger partial charge in [-0.1, -0.05) is 12.1 Å². The highest BCUT2D eigenvalue weighted by Crippen LogP contribution is 2.59. The second-order valence-corrected chi connectivity index (χ2v) is 4.97. The third-order valence-electron chi connectivity index (χ3n) is 3.75. The van der Waals surface area contributed by atoms with E-state index in [1.807, 2.05) is 0 Å². The molecule has 1 atom stereocenters. The first-order chi connectivity index (χ1) is 8.01. The summed E-state index contributed by atoms with van der Waals surface area (Å²) in [5, 5.41) is 0. The molecule has 1 aromatic carbocycles. The van der Waals surface area contributed by atoms with E-state index in [0.29, 0.717) is 12.8 Å². The molecule has 0 aromatic heterocycles. The van der Waals surface area contributed by atoms with Gasteiger partial charge in [0.05, 0.1) is 5.60 Å². The van der Waals surface area contributed by atoms with Gasteiger partial charge in [0.15, 0.2) is 0 Å². The van der Waals surface area contributed by atoms with E-state index >= 15 is 0 Å². The molecule has 0 bridgehead atoms. The fourth-order valence-electron chi connectivity index (χ4n) is 2.66. The minimum absolute atomic E-state index is 0.126. The Kier molecular flexibility index (Phi) is 2.27. The minimum Gasteiger partial charge on any atom is -0.361 e. The SMILES string of the molecule is Fc1cccc(C2OC23CCC(F)(F)CC3)c1. The van der Waals surface area contributed by atoms with Crippen LogP contribution < -0.4 is 0 Å². The number of hydrogen-bond donors (Lipinski definition) is 0. The van der Waals surface area contributed by atoms with Gasteiger partial charge >= 0.3 is 0 Å². The van der Waals surface area contributed by atoms with Crippen molar-refractivity contribution in [1.29, 1.82) is 0 Å². The van der Waals surface area contributed by atoms with E-state index < -0.39 is 11.5 Å². The summed E-state index contributed by atoms with van der Waals surface area (Å²) in [6.07, 6.45) is 0.272. The second kappa shape index (κ2) is 3.48. The molecule has 2 aliphatic rings. The Bertz CT molecular complexity index is 434. The molecule has 1 spiro atoms. The molecule has 0 radical (unpaired) electrons. The zero-order chi connectivity index (χ0) is 12.1. The van der Waals surface area contributed by atoms with Crippen LogP contribution in [0.2, 0.25) is 0 Å². The van der Waals surface area contributed by atoms with Crippen LogP contribution >= 0.6 is 0 Å².